The van der Waals surface area contributed by atoms with Crippen LogP contribution in [0.1, 0.15) is 18.4 Å². The summed E-state index contributed by atoms with van der Waals surface area (Å²) in [6, 6.07) is 12.2. The number of nitriles is 1. The molecular formula is C13H15NO2. The van der Waals surface area contributed by atoms with Gasteiger partial charge in [0.1, 0.15) is 6.10 Å². The van der Waals surface area contributed by atoms with E-state index in [1.165, 1.54) is 5.56 Å². The highest BCUT2D eigenvalue weighted by atomic mass is 16.5. The van der Waals surface area contributed by atoms with E-state index in [0.717, 1.165) is 12.8 Å². The maximum atomic E-state index is 8.67. The molecule has 2 rings (SSSR count). The summed E-state index contributed by atoms with van der Waals surface area (Å²) in [5.74, 6) is 0. The first-order valence-electron chi connectivity index (χ1n) is 5.55. The van der Waals surface area contributed by atoms with Gasteiger partial charge < -0.3 is 9.47 Å². The van der Waals surface area contributed by atoms with Crippen molar-refractivity contribution in [1.82, 2.24) is 0 Å². The Morgan fingerprint density at radius 2 is 2.12 bits per heavy atom. The number of benzene rings is 1. The van der Waals surface area contributed by atoms with E-state index in [1.54, 1.807) is 0 Å². The van der Waals surface area contributed by atoms with E-state index in [4.69, 9.17) is 14.7 Å². The Morgan fingerprint density at radius 1 is 1.31 bits per heavy atom. The third kappa shape index (κ3) is 3.06. The van der Waals surface area contributed by atoms with Crippen molar-refractivity contribution in [3.05, 3.63) is 35.9 Å². The van der Waals surface area contributed by atoms with Gasteiger partial charge in [-0.3, -0.25) is 0 Å². The van der Waals surface area contributed by atoms with Crippen LogP contribution in [0.15, 0.2) is 30.3 Å². The van der Waals surface area contributed by atoms with Gasteiger partial charge in [-0.1, -0.05) is 30.3 Å². The van der Waals surface area contributed by atoms with Gasteiger partial charge in [0.25, 0.3) is 0 Å². The predicted molar refractivity (Wildman–Crippen MR) is 59.6 cm³/mol. The summed E-state index contributed by atoms with van der Waals surface area (Å²) in [5.41, 5.74) is 1.17. The highest BCUT2D eigenvalue weighted by Crippen LogP contribution is 2.16. The number of ether oxygens (including phenoxy) is 2. The molecule has 2 atom stereocenters. The largest absolute Gasteiger partial charge is 0.371 e. The number of rotatable bonds is 3. The molecule has 1 heterocycles. The van der Waals surface area contributed by atoms with Gasteiger partial charge >= 0.3 is 0 Å². The van der Waals surface area contributed by atoms with Crippen LogP contribution in [0.5, 0.6) is 0 Å². The van der Waals surface area contributed by atoms with Gasteiger partial charge in [0.05, 0.1) is 25.4 Å². The molecule has 1 fully saturated rings. The molecule has 0 amide bonds. The molecule has 1 saturated heterocycles. The molecular weight excluding hydrogens is 202 g/mol. The fourth-order valence-corrected chi connectivity index (χ4v) is 1.75. The van der Waals surface area contributed by atoms with E-state index in [1.807, 2.05) is 30.3 Å². The maximum absolute atomic E-state index is 8.67. The van der Waals surface area contributed by atoms with Crippen molar-refractivity contribution in [2.24, 2.45) is 0 Å². The molecule has 0 saturated carbocycles. The normalized spacial score (nSPS) is 24.9. The van der Waals surface area contributed by atoms with E-state index in [9.17, 15) is 0 Å². The van der Waals surface area contributed by atoms with Crippen LogP contribution in [0, 0.1) is 11.3 Å². The quantitative estimate of drug-likeness (QED) is 0.780. The fourth-order valence-electron chi connectivity index (χ4n) is 1.75. The van der Waals surface area contributed by atoms with Crippen LogP contribution >= 0.6 is 0 Å². The Morgan fingerprint density at radius 3 is 2.75 bits per heavy atom. The Balaban J connectivity index is 1.74. The zero-order valence-corrected chi connectivity index (χ0v) is 9.13. The summed E-state index contributed by atoms with van der Waals surface area (Å²) in [4.78, 5) is 0. The van der Waals surface area contributed by atoms with Gasteiger partial charge in [-0.25, -0.2) is 0 Å². The smallest absolute Gasteiger partial charge is 0.144 e. The molecule has 16 heavy (non-hydrogen) atoms. The van der Waals surface area contributed by atoms with Crippen molar-refractivity contribution in [2.75, 3.05) is 6.61 Å². The second-order valence-electron chi connectivity index (χ2n) is 3.95. The molecule has 1 aromatic rings. The minimum absolute atomic E-state index is 0.129. The van der Waals surface area contributed by atoms with Gasteiger partial charge in [-0.05, 0) is 18.4 Å². The van der Waals surface area contributed by atoms with Gasteiger partial charge in [-0.15, -0.1) is 0 Å². The van der Waals surface area contributed by atoms with Gasteiger partial charge in [0, 0.05) is 0 Å². The second kappa shape index (κ2) is 5.64. The van der Waals surface area contributed by atoms with Crippen LogP contribution < -0.4 is 0 Å². The Kier molecular flexibility index (Phi) is 3.92. The van der Waals surface area contributed by atoms with Crippen molar-refractivity contribution in [1.29, 1.82) is 5.26 Å². The summed E-state index contributed by atoms with van der Waals surface area (Å²) in [7, 11) is 0. The van der Waals surface area contributed by atoms with Crippen molar-refractivity contribution in [3.63, 3.8) is 0 Å². The van der Waals surface area contributed by atoms with E-state index in [-0.39, 0.29) is 12.2 Å². The average Bonchev–Trinajstić information content (AvgIpc) is 2.38. The molecule has 0 N–H and O–H groups in total. The van der Waals surface area contributed by atoms with E-state index < -0.39 is 0 Å². The molecule has 0 radical (unpaired) electrons. The molecule has 0 spiro atoms. The first kappa shape index (κ1) is 11.1. The zero-order chi connectivity index (χ0) is 11.2. The van der Waals surface area contributed by atoms with Gasteiger partial charge in [0.15, 0.2) is 0 Å². The Bertz CT molecular complexity index is 350. The average molecular weight is 217 g/mol. The molecule has 1 aliphatic rings. The van der Waals surface area contributed by atoms with E-state index in [2.05, 4.69) is 6.07 Å². The van der Waals surface area contributed by atoms with Crippen molar-refractivity contribution >= 4 is 0 Å². The van der Waals surface area contributed by atoms with Crippen LogP contribution in [0.4, 0.5) is 0 Å². The maximum Gasteiger partial charge on any atom is 0.144 e. The minimum Gasteiger partial charge on any atom is -0.371 e. The van der Waals surface area contributed by atoms with Crippen LogP contribution in [-0.2, 0) is 16.1 Å². The lowest BCUT2D eigenvalue weighted by Gasteiger charge is -2.25. The SMILES string of the molecule is N#C[C@@H]1CC[C@@H](OCc2ccccc2)CO1. The van der Waals surface area contributed by atoms with E-state index in [0.29, 0.717) is 13.2 Å². The lowest BCUT2D eigenvalue weighted by atomic mass is 10.1. The molecule has 1 aromatic carbocycles. The summed E-state index contributed by atoms with van der Waals surface area (Å²) in [5, 5.41) is 8.67. The first-order valence-corrected chi connectivity index (χ1v) is 5.55. The molecule has 3 nitrogen and oxygen atoms in total. The summed E-state index contributed by atoms with van der Waals surface area (Å²) < 4.78 is 11.1. The number of hydrogen-bond donors (Lipinski definition) is 0. The molecule has 1 aliphatic heterocycles. The fraction of sp³-hybridized carbons (Fsp3) is 0.462. The topological polar surface area (TPSA) is 42.2 Å². The second-order valence-corrected chi connectivity index (χ2v) is 3.95. The molecule has 84 valence electrons. The molecule has 0 aromatic heterocycles. The van der Waals surface area contributed by atoms with Crippen molar-refractivity contribution < 1.29 is 9.47 Å². The Hall–Kier alpha value is -1.37. The zero-order valence-electron chi connectivity index (χ0n) is 9.13. The predicted octanol–water partition coefficient (Wildman–Crippen LogP) is 2.27. The summed E-state index contributed by atoms with van der Waals surface area (Å²) in [6.45, 7) is 1.15. The highest BCUT2D eigenvalue weighted by molar-refractivity contribution is 5.13. The third-order valence-corrected chi connectivity index (χ3v) is 2.71. The molecule has 0 unspecified atom stereocenters. The van der Waals surface area contributed by atoms with Gasteiger partial charge in [0.2, 0.25) is 0 Å². The van der Waals surface area contributed by atoms with Crippen molar-refractivity contribution in [2.45, 2.75) is 31.7 Å². The summed E-state index contributed by atoms with van der Waals surface area (Å²) in [6.07, 6.45) is 1.57. The lowest BCUT2D eigenvalue weighted by Crippen LogP contribution is -2.30. The van der Waals surface area contributed by atoms with Crippen LogP contribution in [0.25, 0.3) is 0 Å². The number of hydrogen-bond acceptors (Lipinski definition) is 3. The van der Waals surface area contributed by atoms with Crippen LogP contribution in [-0.4, -0.2) is 18.8 Å². The lowest BCUT2D eigenvalue weighted by molar-refractivity contribution is -0.0750. The third-order valence-electron chi connectivity index (χ3n) is 2.71. The Labute approximate surface area is 95.6 Å². The van der Waals surface area contributed by atoms with Crippen LogP contribution in [0.3, 0.4) is 0 Å². The molecule has 0 bridgehead atoms. The molecule has 0 aliphatic carbocycles. The minimum atomic E-state index is -0.239. The molecule has 3 heteroatoms. The monoisotopic (exact) mass is 217 g/mol. The summed E-state index contributed by atoms with van der Waals surface area (Å²) >= 11 is 0. The van der Waals surface area contributed by atoms with Crippen molar-refractivity contribution in [3.8, 4) is 6.07 Å². The highest BCUT2D eigenvalue weighted by Gasteiger charge is 2.21. The van der Waals surface area contributed by atoms with E-state index >= 15 is 0 Å². The van der Waals surface area contributed by atoms with Crippen LogP contribution in [0.2, 0.25) is 0 Å². The standard InChI is InChI=1S/C13H15NO2/c14-8-12-6-7-13(10-16-12)15-9-11-4-2-1-3-5-11/h1-5,12-13H,6-7,9-10H2/t12-,13+/m0/s1. The van der Waals surface area contributed by atoms with Gasteiger partial charge in [-0.2, -0.15) is 5.26 Å². The number of nitrogens with zero attached hydrogens (tertiary/aromatic N) is 1. The first-order chi connectivity index (χ1) is 7.88.